The smallest absolute Gasteiger partial charge is 0.308 e. The highest BCUT2D eigenvalue weighted by Crippen LogP contribution is 2.39. The van der Waals surface area contributed by atoms with E-state index in [1.165, 1.54) is 0 Å². The Morgan fingerprint density at radius 3 is 1.75 bits per heavy atom. The molecular weight excluding hydrogens is 336 g/mol. The highest BCUT2D eigenvalue weighted by atomic mass is 28.4. The molecule has 0 spiro atoms. The van der Waals surface area contributed by atoms with E-state index in [0.717, 1.165) is 0 Å². The van der Waals surface area contributed by atoms with Crippen molar-refractivity contribution in [1.29, 1.82) is 0 Å². The van der Waals surface area contributed by atoms with E-state index in [2.05, 4.69) is 67.7 Å². The molecule has 0 saturated heterocycles. The van der Waals surface area contributed by atoms with Crippen molar-refractivity contribution in [2.45, 2.75) is 97.3 Å². The van der Waals surface area contributed by atoms with Crippen LogP contribution < -0.4 is 0 Å². The Bertz CT molecular complexity index is 406. The van der Waals surface area contributed by atoms with Crippen LogP contribution in [0.25, 0.3) is 0 Å². The van der Waals surface area contributed by atoms with Gasteiger partial charge >= 0.3 is 5.97 Å². The number of hydrogen-bond acceptors (Lipinski definition) is 4. The minimum Gasteiger partial charge on any atom is -0.466 e. The fraction of sp³-hybridized carbons (Fsp3) is 0.944. The van der Waals surface area contributed by atoms with Crippen LogP contribution in [0.3, 0.4) is 0 Å². The Morgan fingerprint density at radius 2 is 1.38 bits per heavy atom. The summed E-state index contributed by atoms with van der Waals surface area (Å²) >= 11 is 0. The quantitative estimate of drug-likeness (QED) is 0.423. The van der Waals surface area contributed by atoms with Gasteiger partial charge in [-0.2, -0.15) is 0 Å². The molecule has 0 fully saturated rings. The molecule has 0 radical (unpaired) electrons. The Balaban J connectivity index is 5.11. The van der Waals surface area contributed by atoms with Gasteiger partial charge in [0.1, 0.15) is 0 Å². The first-order valence-electron chi connectivity index (χ1n) is 9.01. The fourth-order valence-electron chi connectivity index (χ4n) is 1.65. The molecule has 0 aromatic carbocycles. The standard InChI is InChI=1S/C18H40O4Si2/c1-12-20-16(19)13-15(22-24(10,11)18(5,6)7)14-21-23(8,9)17(2,3)4/h15H,12-14H2,1-11H3/t15-/m1/s1. The molecule has 0 unspecified atom stereocenters. The molecule has 4 nitrogen and oxygen atoms in total. The maximum absolute atomic E-state index is 12.0. The molecule has 0 aliphatic carbocycles. The zero-order valence-electron chi connectivity index (χ0n) is 17.8. The Kier molecular flexibility index (Phi) is 8.41. The van der Waals surface area contributed by atoms with Crippen LogP contribution in [0.4, 0.5) is 0 Å². The molecule has 0 saturated carbocycles. The van der Waals surface area contributed by atoms with E-state index in [-0.39, 0.29) is 28.6 Å². The van der Waals surface area contributed by atoms with Gasteiger partial charge in [0.2, 0.25) is 0 Å². The minimum absolute atomic E-state index is 0.0941. The summed E-state index contributed by atoms with van der Waals surface area (Å²) in [6.45, 7) is 24.8. The summed E-state index contributed by atoms with van der Waals surface area (Å²) in [6, 6.07) is 0. The third-order valence-corrected chi connectivity index (χ3v) is 14.4. The van der Waals surface area contributed by atoms with Gasteiger partial charge in [0.15, 0.2) is 16.6 Å². The van der Waals surface area contributed by atoms with E-state index in [9.17, 15) is 4.79 Å². The van der Waals surface area contributed by atoms with Crippen LogP contribution in [0.2, 0.25) is 36.3 Å². The highest BCUT2D eigenvalue weighted by Gasteiger charge is 2.41. The monoisotopic (exact) mass is 376 g/mol. The summed E-state index contributed by atoms with van der Waals surface area (Å²) in [5, 5.41) is 0.231. The Morgan fingerprint density at radius 1 is 0.917 bits per heavy atom. The maximum Gasteiger partial charge on any atom is 0.308 e. The SMILES string of the molecule is CCOC(=O)C[C@H](CO[Si](C)(C)C(C)(C)C)O[Si](C)(C)C(C)(C)C. The predicted molar refractivity (Wildman–Crippen MR) is 106 cm³/mol. The molecule has 0 N–H and O–H groups in total. The van der Waals surface area contributed by atoms with Gasteiger partial charge in [0.25, 0.3) is 0 Å². The van der Waals surface area contributed by atoms with Crippen LogP contribution in [0.1, 0.15) is 54.9 Å². The molecule has 0 aromatic rings. The third-order valence-electron chi connectivity index (χ3n) is 5.40. The van der Waals surface area contributed by atoms with Gasteiger partial charge in [-0.25, -0.2) is 0 Å². The van der Waals surface area contributed by atoms with Crippen molar-refractivity contribution < 1.29 is 18.4 Å². The summed E-state index contributed by atoms with van der Waals surface area (Å²) in [5.41, 5.74) is 0. The van der Waals surface area contributed by atoms with Gasteiger partial charge in [-0.15, -0.1) is 0 Å². The first-order chi connectivity index (χ1) is 10.5. The van der Waals surface area contributed by atoms with Gasteiger partial charge in [0, 0.05) is 0 Å². The summed E-state index contributed by atoms with van der Waals surface area (Å²) in [7, 11) is -3.85. The molecule has 0 aliphatic heterocycles. The van der Waals surface area contributed by atoms with E-state index < -0.39 is 16.6 Å². The van der Waals surface area contributed by atoms with Crippen LogP contribution in [0.5, 0.6) is 0 Å². The molecule has 6 heteroatoms. The first-order valence-corrected chi connectivity index (χ1v) is 14.8. The lowest BCUT2D eigenvalue weighted by Crippen LogP contribution is -2.48. The molecule has 1 atom stereocenters. The van der Waals surface area contributed by atoms with Crippen LogP contribution >= 0.6 is 0 Å². The van der Waals surface area contributed by atoms with Crippen molar-refractivity contribution in [3.8, 4) is 0 Å². The maximum atomic E-state index is 12.0. The fourth-order valence-corrected chi connectivity index (χ4v) is 4.03. The van der Waals surface area contributed by atoms with Crippen molar-refractivity contribution in [1.82, 2.24) is 0 Å². The lowest BCUT2D eigenvalue weighted by Gasteiger charge is -2.41. The van der Waals surface area contributed by atoms with Crippen molar-refractivity contribution in [2.24, 2.45) is 0 Å². The van der Waals surface area contributed by atoms with Gasteiger partial charge in [0.05, 0.1) is 25.7 Å². The lowest BCUT2D eigenvalue weighted by molar-refractivity contribution is -0.145. The zero-order chi connectivity index (χ0) is 19.4. The van der Waals surface area contributed by atoms with Crippen molar-refractivity contribution in [3.63, 3.8) is 0 Å². The third kappa shape index (κ3) is 7.37. The Hall–Kier alpha value is -0.176. The lowest BCUT2D eigenvalue weighted by atomic mass is 10.2. The Labute approximate surface area is 151 Å². The first kappa shape index (κ1) is 23.8. The molecule has 0 amide bonds. The molecule has 144 valence electrons. The van der Waals surface area contributed by atoms with Crippen LogP contribution in [0, 0.1) is 0 Å². The summed E-state index contributed by atoms with van der Waals surface area (Å²) < 4.78 is 17.9. The minimum atomic E-state index is -1.97. The summed E-state index contributed by atoms with van der Waals surface area (Å²) in [5.74, 6) is -0.208. The topological polar surface area (TPSA) is 44.8 Å². The average Bonchev–Trinajstić information content (AvgIpc) is 2.33. The molecule has 0 aliphatic rings. The van der Waals surface area contributed by atoms with Crippen LogP contribution in [0.15, 0.2) is 0 Å². The molecule has 0 heterocycles. The van der Waals surface area contributed by atoms with Crippen molar-refractivity contribution in [2.75, 3.05) is 13.2 Å². The normalized spacial score (nSPS) is 15.3. The zero-order valence-corrected chi connectivity index (χ0v) is 19.8. The van der Waals surface area contributed by atoms with Gasteiger partial charge < -0.3 is 13.6 Å². The number of carbonyl (C=O) groups is 1. The average molecular weight is 377 g/mol. The second-order valence-electron chi connectivity index (χ2n) is 9.58. The van der Waals surface area contributed by atoms with E-state index in [0.29, 0.717) is 13.2 Å². The molecule has 0 rings (SSSR count). The molecule has 0 bridgehead atoms. The number of ether oxygens (including phenoxy) is 1. The van der Waals surface area contributed by atoms with Crippen LogP contribution in [-0.4, -0.2) is 41.9 Å². The predicted octanol–water partition coefficient (Wildman–Crippen LogP) is 5.35. The number of hydrogen-bond donors (Lipinski definition) is 0. The van der Waals surface area contributed by atoms with Crippen molar-refractivity contribution >= 4 is 22.6 Å². The second-order valence-corrected chi connectivity index (χ2v) is 19.1. The second kappa shape index (κ2) is 8.47. The molecular formula is C18H40O4Si2. The van der Waals surface area contributed by atoms with E-state index >= 15 is 0 Å². The van der Waals surface area contributed by atoms with Crippen LogP contribution in [-0.2, 0) is 18.4 Å². The van der Waals surface area contributed by atoms with Gasteiger partial charge in [-0.3, -0.25) is 4.79 Å². The highest BCUT2D eigenvalue weighted by molar-refractivity contribution is 6.74. The van der Waals surface area contributed by atoms with Gasteiger partial charge in [-0.05, 0) is 43.2 Å². The molecule has 0 aromatic heterocycles. The van der Waals surface area contributed by atoms with Gasteiger partial charge in [-0.1, -0.05) is 41.5 Å². The number of esters is 1. The number of carbonyl (C=O) groups excluding carboxylic acids is 1. The number of rotatable bonds is 8. The summed E-state index contributed by atoms with van der Waals surface area (Å²) in [4.78, 5) is 12.0. The largest absolute Gasteiger partial charge is 0.466 e. The van der Waals surface area contributed by atoms with E-state index in [1.54, 1.807) is 0 Å². The summed E-state index contributed by atoms with van der Waals surface area (Å²) in [6.07, 6.45) is 0.0219. The van der Waals surface area contributed by atoms with Crippen molar-refractivity contribution in [3.05, 3.63) is 0 Å². The van der Waals surface area contributed by atoms with E-state index in [1.807, 2.05) is 6.92 Å². The molecule has 24 heavy (non-hydrogen) atoms. The van der Waals surface area contributed by atoms with E-state index in [4.69, 9.17) is 13.6 Å².